The van der Waals surface area contributed by atoms with Gasteiger partial charge in [0.15, 0.2) is 0 Å². The van der Waals surface area contributed by atoms with Crippen LogP contribution in [0.5, 0.6) is 11.5 Å². The van der Waals surface area contributed by atoms with Crippen molar-refractivity contribution in [3.05, 3.63) is 24.3 Å². The van der Waals surface area contributed by atoms with Gasteiger partial charge in [-0.1, -0.05) is 27.7 Å². The number of nitrogens with one attached hydrogen (secondary N) is 1. The SMILES string of the molecule is CCCNC(COc1ccc(OCCC)cc1)C(C)C. The van der Waals surface area contributed by atoms with Crippen LogP contribution in [0.3, 0.4) is 0 Å². The Bertz CT molecular complexity index is 349. The predicted octanol–water partition coefficient (Wildman–Crippen LogP) is 3.88. The molecule has 0 heterocycles. The molecule has 1 unspecified atom stereocenters. The predicted molar refractivity (Wildman–Crippen MR) is 84.6 cm³/mol. The van der Waals surface area contributed by atoms with Gasteiger partial charge in [-0.15, -0.1) is 0 Å². The second kappa shape index (κ2) is 9.65. The van der Waals surface area contributed by atoms with Crippen LogP contribution < -0.4 is 14.8 Å². The van der Waals surface area contributed by atoms with E-state index in [0.717, 1.165) is 37.5 Å². The molecule has 3 nitrogen and oxygen atoms in total. The molecule has 1 atom stereocenters. The highest BCUT2D eigenvalue weighted by molar-refractivity contribution is 5.31. The molecule has 1 aromatic rings. The standard InChI is InChI=1S/C17H29NO2/c1-5-11-18-17(14(3)4)13-20-16-9-7-15(8-10-16)19-12-6-2/h7-10,14,17-18H,5-6,11-13H2,1-4H3. The molecule has 20 heavy (non-hydrogen) atoms. The molecule has 0 aliphatic heterocycles. The molecule has 0 fully saturated rings. The molecule has 1 aromatic carbocycles. The van der Waals surface area contributed by atoms with Gasteiger partial charge in [0.1, 0.15) is 18.1 Å². The summed E-state index contributed by atoms with van der Waals surface area (Å²) in [6, 6.07) is 8.28. The average molecular weight is 279 g/mol. The van der Waals surface area contributed by atoms with Crippen molar-refractivity contribution in [2.45, 2.75) is 46.6 Å². The monoisotopic (exact) mass is 279 g/mol. The summed E-state index contributed by atoms with van der Waals surface area (Å²) in [4.78, 5) is 0. The van der Waals surface area contributed by atoms with E-state index in [0.29, 0.717) is 18.6 Å². The molecule has 1 N–H and O–H groups in total. The Morgan fingerprint density at radius 2 is 1.55 bits per heavy atom. The van der Waals surface area contributed by atoms with Crippen molar-refractivity contribution < 1.29 is 9.47 Å². The topological polar surface area (TPSA) is 30.5 Å². The summed E-state index contributed by atoms with van der Waals surface area (Å²) in [7, 11) is 0. The van der Waals surface area contributed by atoms with E-state index in [9.17, 15) is 0 Å². The molecule has 0 radical (unpaired) electrons. The summed E-state index contributed by atoms with van der Waals surface area (Å²) >= 11 is 0. The molecule has 3 heteroatoms. The lowest BCUT2D eigenvalue weighted by molar-refractivity contribution is 0.230. The van der Waals surface area contributed by atoms with Crippen LogP contribution in [0.25, 0.3) is 0 Å². The van der Waals surface area contributed by atoms with E-state index in [1.54, 1.807) is 0 Å². The Labute approximate surface area is 123 Å². The molecule has 0 saturated carbocycles. The Balaban J connectivity index is 2.42. The lowest BCUT2D eigenvalue weighted by Crippen LogP contribution is -2.39. The third kappa shape index (κ3) is 6.29. The summed E-state index contributed by atoms with van der Waals surface area (Å²) in [6.07, 6.45) is 2.17. The smallest absolute Gasteiger partial charge is 0.119 e. The third-order valence-electron chi connectivity index (χ3n) is 3.19. The molecule has 0 spiro atoms. The van der Waals surface area contributed by atoms with E-state index in [1.165, 1.54) is 0 Å². The minimum atomic E-state index is 0.394. The summed E-state index contributed by atoms with van der Waals surface area (Å²) in [5, 5.41) is 3.53. The molecule has 0 aliphatic rings. The van der Waals surface area contributed by atoms with Gasteiger partial charge >= 0.3 is 0 Å². The molecule has 0 bridgehead atoms. The zero-order valence-electron chi connectivity index (χ0n) is 13.3. The van der Waals surface area contributed by atoms with Crippen molar-refractivity contribution >= 4 is 0 Å². The van der Waals surface area contributed by atoms with Crippen molar-refractivity contribution in [1.82, 2.24) is 5.32 Å². The Kier molecular flexibility index (Phi) is 8.12. The molecule has 0 saturated heterocycles. The van der Waals surface area contributed by atoms with Gasteiger partial charge in [-0.2, -0.15) is 0 Å². The fourth-order valence-electron chi connectivity index (χ4n) is 1.85. The Morgan fingerprint density at radius 1 is 0.950 bits per heavy atom. The molecule has 0 aromatic heterocycles. The Morgan fingerprint density at radius 3 is 2.05 bits per heavy atom. The van der Waals surface area contributed by atoms with Gasteiger partial charge in [0.2, 0.25) is 0 Å². The lowest BCUT2D eigenvalue weighted by atomic mass is 10.1. The van der Waals surface area contributed by atoms with Gasteiger partial charge in [0.25, 0.3) is 0 Å². The van der Waals surface area contributed by atoms with Gasteiger partial charge in [0, 0.05) is 6.04 Å². The zero-order valence-corrected chi connectivity index (χ0v) is 13.3. The second-order valence-electron chi connectivity index (χ2n) is 5.44. The van der Waals surface area contributed by atoms with Crippen LogP contribution in [-0.4, -0.2) is 25.8 Å². The highest BCUT2D eigenvalue weighted by Gasteiger charge is 2.12. The van der Waals surface area contributed by atoms with Gasteiger partial charge in [0.05, 0.1) is 6.61 Å². The van der Waals surface area contributed by atoms with Crippen LogP contribution in [0, 0.1) is 5.92 Å². The third-order valence-corrected chi connectivity index (χ3v) is 3.19. The van der Waals surface area contributed by atoms with E-state index in [1.807, 2.05) is 24.3 Å². The first-order valence-corrected chi connectivity index (χ1v) is 7.76. The van der Waals surface area contributed by atoms with Gasteiger partial charge in [-0.05, 0) is 49.6 Å². The first-order valence-electron chi connectivity index (χ1n) is 7.76. The van der Waals surface area contributed by atoms with Crippen molar-refractivity contribution in [2.24, 2.45) is 5.92 Å². The van der Waals surface area contributed by atoms with Crippen molar-refractivity contribution in [3.63, 3.8) is 0 Å². The van der Waals surface area contributed by atoms with E-state index in [4.69, 9.17) is 9.47 Å². The maximum absolute atomic E-state index is 5.87. The van der Waals surface area contributed by atoms with Crippen LogP contribution in [0.4, 0.5) is 0 Å². The average Bonchev–Trinajstić information content (AvgIpc) is 2.46. The number of hydrogen-bond acceptors (Lipinski definition) is 3. The van der Waals surface area contributed by atoms with Crippen LogP contribution >= 0.6 is 0 Å². The molecule has 0 amide bonds. The molecule has 114 valence electrons. The minimum Gasteiger partial charge on any atom is -0.494 e. The van der Waals surface area contributed by atoms with Crippen molar-refractivity contribution in [2.75, 3.05) is 19.8 Å². The van der Waals surface area contributed by atoms with Gasteiger partial charge in [-0.25, -0.2) is 0 Å². The first kappa shape index (κ1) is 16.8. The fourth-order valence-corrected chi connectivity index (χ4v) is 1.85. The molecular formula is C17H29NO2. The van der Waals surface area contributed by atoms with Crippen molar-refractivity contribution in [3.8, 4) is 11.5 Å². The van der Waals surface area contributed by atoms with E-state index in [-0.39, 0.29) is 0 Å². The highest BCUT2D eigenvalue weighted by atomic mass is 16.5. The van der Waals surface area contributed by atoms with Crippen LogP contribution in [0.2, 0.25) is 0 Å². The maximum atomic E-state index is 5.87. The molecule has 0 aliphatic carbocycles. The number of hydrogen-bond donors (Lipinski definition) is 1. The van der Waals surface area contributed by atoms with E-state index < -0.39 is 0 Å². The lowest BCUT2D eigenvalue weighted by Gasteiger charge is -2.22. The number of benzene rings is 1. The Hall–Kier alpha value is -1.22. The quantitative estimate of drug-likeness (QED) is 0.705. The fraction of sp³-hybridized carbons (Fsp3) is 0.647. The second-order valence-corrected chi connectivity index (χ2v) is 5.44. The van der Waals surface area contributed by atoms with Crippen LogP contribution in [-0.2, 0) is 0 Å². The molecular weight excluding hydrogens is 250 g/mol. The van der Waals surface area contributed by atoms with E-state index in [2.05, 4.69) is 33.0 Å². The van der Waals surface area contributed by atoms with Crippen LogP contribution in [0.15, 0.2) is 24.3 Å². The molecule has 1 rings (SSSR count). The highest BCUT2D eigenvalue weighted by Crippen LogP contribution is 2.18. The zero-order chi connectivity index (χ0) is 14.8. The summed E-state index contributed by atoms with van der Waals surface area (Å²) < 4.78 is 11.4. The van der Waals surface area contributed by atoms with Crippen LogP contribution in [0.1, 0.15) is 40.5 Å². The summed E-state index contributed by atoms with van der Waals surface area (Å²) in [6.45, 7) is 11.2. The number of rotatable bonds is 10. The first-order chi connectivity index (χ1) is 9.67. The normalized spacial score (nSPS) is 12.4. The summed E-state index contributed by atoms with van der Waals surface area (Å²) in [5.74, 6) is 2.37. The largest absolute Gasteiger partial charge is 0.494 e. The summed E-state index contributed by atoms with van der Waals surface area (Å²) in [5.41, 5.74) is 0. The van der Waals surface area contributed by atoms with Gasteiger partial charge in [-0.3, -0.25) is 0 Å². The van der Waals surface area contributed by atoms with E-state index >= 15 is 0 Å². The minimum absolute atomic E-state index is 0.394. The number of ether oxygens (including phenoxy) is 2. The maximum Gasteiger partial charge on any atom is 0.119 e. The van der Waals surface area contributed by atoms with Crippen molar-refractivity contribution in [1.29, 1.82) is 0 Å². The van der Waals surface area contributed by atoms with Gasteiger partial charge < -0.3 is 14.8 Å².